The summed E-state index contributed by atoms with van der Waals surface area (Å²) in [5, 5.41) is 21.9. The highest BCUT2D eigenvalue weighted by atomic mass is 16.6. The molecular formula is C5H6N2O4. The molecule has 1 saturated heterocycles. The molecule has 2 N–H and O–H groups in total. The molecule has 0 aromatic heterocycles. The Bertz CT molecular complexity index is 245. The first-order chi connectivity index (χ1) is 5.20. The number of nitrogens with zero attached hydrogens (tertiary/aromatic N) is 2. The number of cyclic esters (lactones) is 1. The van der Waals surface area contributed by atoms with Crippen molar-refractivity contribution in [2.75, 3.05) is 0 Å². The van der Waals surface area contributed by atoms with E-state index >= 15 is 0 Å². The van der Waals surface area contributed by atoms with E-state index in [9.17, 15) is 4.79 Å². The summed E-state index contributed by atoms with van der Waals surface area (Å²) in [5.41, 5.74) is -0.405. The molecule has 0 aliphatic carbocycles. The number of carbonyl (C=O) groups excluding carboxylic acids is 1. The second-order valence-corrected chi connectivity index (χ2v) is 1.98. The minimum atomic E-state index is -0.784. The molecule has 0 bridgehead atoms. The predicted molar refractivity (Wildman–Crippen MR) is 34.0 cm³/mol. The van der Waals surface area contributed by atoms with Gasteiger partial charge in [-0.15, -0.1) is 0 Å². The lowest BCUT2D eigenvalue weighted by molar-refractivity contribution is -0.135. The van der Waals surface area contributed by atoms with Gasteiger partial charge in [0.05, 0.1) is 0 Å². The lowest BCUT2D eigenvalue weighted by Gasteiger charge is -1.96. The molecule has 0 amide bonds. The van der Waals surface area contributed by atoms with Crippen LogP contribution in [0.4, 0.5) is 0 Å². The van der Waals surface area contributed by atoms with Gasteiger partial charge in [0.2, 0.25) is 5.71 Å². The van der Waals surface area contributed by atoms with Crippen molar-refractivity contribution in [2.45, 2.75) is 13.0 Å². The van der Waals surface area contributed by atoms with Crippen LogP contribution in [0.5, 0.6) is 0 Å². The van der Waals surface area contributed by atoms with E-state index in [-0.39, 0.29) is 11.4 Å². The largest absolute Gasteiger partial charge is 0.451 e. The van der Waals surface area contributed by atoms with E-state index in [1.807, 2.05) is 0 Å². The van der Waals surface area contributed by atoms with Gasteiger partial charge in [-0.25, -0.2) is 4.79 Å². The number of oxime groups is 2. The quantitative estimate of drug-likeness (QED) is 0.285. The van der Waals surface area contributed by atoms with Gasteiger partial charge in [-0.2, -0.15) is 0 Å². The summed E-state index contributed by atoms with van der Waals surface area (Å²) < 4.78 is 4.55. The van der Waals surface area contributed by atoms with Gasteiger partial charge in [0.25, 0.3) is 0 Å². The second-order valence-electron chi connectivity index (χ2n) is 1.98. The van der Waals surface area contributed by atoms with Crippen LogP contribution in [0.1, 0.15) is 6.92 Å². The van der Waals surface area contributed by atoms with Gasteiger partial charge in [-0.05, 0) is 6.92 Å². The Kier molecular flexibility index (Phi) is 1.75. The van der Waals surface area contributed by atoms with E-state index in [0.717, 1.165) is 0 Å². The number of carbonyl (C=O) groups is 1. The van der Waals surface area contributed by atoms with Gasteiger partial charge in [0.1, 0.15) is 6.10 Å². The standard InChI is InChI=1S/C5H6N2O4/c1-2-3(6-9)4(7-10)5(8)11-2/h2,9-10H,1H3/b6-3-,7-4+. The first kappa shape index (κ1) is 7.52. The molecule has 60 valence electrons. The van der Waals surface area contributed by atoms with Crippen LogP contribution >= 0.6 is 0 Å². The lowest BCUT2D eigenvalue weighted by atomic mass is 10.2. The van der Waals surface area contributed by atoms with Gasteiger partial charge in [0, 0.05) is 0 Å². The van der Waals surface area contributed by atoms with Crippen LogP contribution in [0.2, 0.25) is 0 Å². The fraction of sp³-hybridized carbons (Fsp3) is 0.400. The molecule has 0 radical (unpaired) electrons. The van der Waals surface area contributed by atoms with E-state index in [0.29, 0.717) is 0 Å². The third-order valence-corrected chi connectivity index (χ3v) is 1.31. The topological polar surface area (TPSA) is 91.5 Å². The lowest BCUT2D eigenvalue weighted by Crippen LogP contribution is -2.18. The Morgan fingerprint density at radius 1 is 1.45 bits per heavy atom. The SMILES string of the molecule is CC1OC(=O)C(=N/O)/C1=N\O. The highest BCUT2D eigenvalue weighted by Crippen LogP contribution is 2.08. The molecule has 1 rings (SSSR count). The molecule has 0 saturated carbocycles. The maximum absolute atomic E-state index is 10.7. The Morgan fingerprint density at radius 3 is 2.45 bits per heavy atom. The molecule has 11 heavy (non-hydrogen) atoms. The highest BCUT2D eigenvalue weighted by molar-refractivity contribution is 6.68. The number of ether oxygens (including phenoxy) is 1. The first-order valence-corrected chi connectivity index (χ1v) is 2.86. The minimum Gasteiger partial charge on any atom is -0.451 e. The predicted octanol–water partition coefficient (Wildman–Crippen LogP) is -0.408. The summed E-state index contributed by atoms with van der Waals surface area (Å²) in [4.78, 5) is 10.7. The highest BCUT2D eigenvalue weighted by Gasteiger charge is 2.36. The molecule has 1 fully saturated rings. The van der Waals surface area contributed by atoms with Gasteiger partial charge in [0.15, 0.2) is 5.71 Å². The van der Waals surface area contributed by atoms with Crippen molar-refractivity contribution in [3.05, 3.63) is 0 Å². The van der Waals surface area contributed by atoms with Crippen LogP contribution in [0.15, 0.2) is 10.3 Å². The Labute approximate surface area is 61.8 Å². The van der Waals surface area contributed by atoms with Crippen LogP contribution in [0, 0.1) is 0 Å². The summed E-state index contributed by atoms with van der Waals surface area (Å²) in [6.07, 6.45) is -0.654. The van der Waals surface area contributed by atoms with E-state index in [2.05, 4.69) is 15.0 Å². The molecule has 1 unspecified atom stereocenters. The van der Waals surface area contributed by atoms with Gasteiger partial charge < -0.3 is 15.2 Å². The van der Waals surface area contributed by atoms with Crippen LogP contribution in [-0.2, 0) is 9.53 Å². The van der Waals surface area contributed by atoms with Crippen molar-refractivity contribution in [1.29, 1.82) is 0 Å². The number of hydrogen-bond acceptors (Lipinski definition) is 6. The van der Waals surface area contributed by atoms with Crippen LogP contribution in [0.25, 0.3) is 0 Å². The fourth-order valence-electron chi connectivity index (χ4n) is 0.790. The summed E-state index contributed by atoms with van der Waals surface area (Å²) in [6.45, 7) is 1.51. The second kappa shape index (κ2) is 2.57. The maximum atomic E-state index is 10.7. The fourth-order valence-corrected chi connectivity index (χ4v) is 0.790. The Balaban J connectivity index is 3.03. The third kappa shape index (κ3) is 1.02. The zero-order valence-electron chi connectivity index (χ0n) is 5.68. The molecule has 1 aliphatic rings. The van der Waals surface area contributed by atoms with Crippen molar-refractivity contribution in [1.82, 2.24) is 0 Å². The molecule has 0 aromatic rings. The molecule has 0 spiro atoms. The van der Waals surface area contributed by atoms with Crippen LogP contribution in [-0.4, -0.2) is 33.9 Å². The monoisotopic (exact) mass is 158 g/mol. The summed E-state index contributed by atoms with van der Waals surface area (Å²) in [6, 6.07) is 0. The average Bonchev–Trinajstić information content (AvgIpc) is 2.24. The van der Waals surface area contributed by atoms with Crippen molar-refractivity contribution in [3.63, 3.8) is 0 Å². The van der Waals surface area contributed by atoms with E-state index in [1.165, 1.54) is 6.92 Å². The minimum absolute atomic E-state index is 0.0579. The molecule has 1 aliphatic heterocycles. The van der Waals surface area contributed by atoms with Crippen molar-refractivity contribution in [2.24, 2.45) is 10.3 Å². The van der Waals surface area contributed by atoms with Crippen LogP contribution < -0.4 is 0 Å². The van der Waals surface area contributed by atoms with Gasteiger partial charge >= 0.3 is 5.97 Å². The van der Waals surface area contributed by atoms with E-state index in [4.69, 9.17) is 10.4 Å². The third-order valence-electron chi connectivity index (χ3n) is 1.31. The first-order valence-electron chi connectivity index (χ1n) is 2.86. The van der Waals surface area contributed by atoms with Gasteiger partial charge in [-0.1, -0.05) is 10.3 Å². The average molecular weight is 158 g/mol. The Hall–Kier alpha value is -1.59. The van der Waals surface area contributed by atoms with Crippen molar-refractivity contribution in [3.8, 4) is 0 Å². The van der Waals surface area contributed by atoms with Crippen LogP contribution in [0.3, 0.4) is 0 Å². The molecule has 1 atom stereocenters. The molecule has 0 aromatic carbocycles. The van der Waals surface area contributed by atoms with Crippen molar-refractivity contribution < 1.29 is 19.9 Å². The normalized spacial score (nSPS) is 31.4. The number of esters is 1. The van der Waals surface area contributed by atoms with Gasteiger partial charge in [-0.3, -0.25) is 0 Å². The summed E-state index contributed by atoms with van der Waals surface area (Å²) >= 11 is 0. The summed E-state index contributed by atoms with van der Waals surface area (Å²) in [7, 11) is 0. The Morgan fingerprint density at radius 2 is 2.09 bits per heavy atom. The number of hydrogen-bond donors (Lipinski definition) is 2. The zero-order chi connectivity index (χ0) is 8.43. The van der Waals surface area contributed by atoms with E-state index < -0.39 is 12.1 Å². The molecule has 1 heterocycles. The van der Waals surface area contributed by atoms with Crippen molar-refractivity contribution >= 4 is 17.4 Å². The molecular weight excluding hydrogens is 152 g/mol. The zero-order valence-corrected chi connectivity index (χ0v) is 5.68. The smallest absolute Gasteiger partial charge is 0.363 e. The molecule has 6 heteroatoms. The maximum Gasteiger partial charge on any atom is 0.363 e. The van der Waals surface area contributed by atoms with E-state index in [1.54, 1.807) is 0 Å². The molecule has 6 nitrogen and oxygen atoms in total. The number of rotatable bonds is 0. The summed E-state index contributed by atoms with van der Waals surface area (Å²) in [5.74, 6) is -0.784.